The Hall–Kier alpha value is -2.85. The van der Waals surface area contributed by atoms with Crippen LogP contribution in [0.3, 0.4) is 0 Å². The van der Waals surface area contributed by atoms with Crippen LogP contribution in [-0.4, -0.2) is 29.2 Å². The molecule has 0 atom stereocenters. The van der Waals surface area contributed by atoms with Crippen molar-refractivity contribution in [2.24, 2.45) is 0 Å². The molecule has 3 aromatic rings. The molecule has 1 aliphatic rings. The van der Waals surface area contributed by atoms with Crippen molar-refractivity contribution < 1.29 is 4.74 Å². The highest BCUT2D eigenvalue weighted by Crippen LogP contribution is 2.28. The fourth-order valence-electron chi connectivity index (χ4n) is 6.98. The zero-order valence-electron chi connectivity index (χ0n) is 29.0. The Kier molecular flexibility index (Phi) is 17.1. The lowest BCUT2D eigenvalue weighted by molar-refractivity contribution is 0.199. The maximum Gasteiger partial charge on any atom is 0.223 e. The smallest absolute Gasteiger partial charge is 0.223 e. The minimum absolute atomic E-state index is 0.00924. The van der Waals surface area contributed by atoms with Gasteiger partial charge in [0.15, 0.2) is 5.75 Å². The molecule has 2 heterocycles. The molecule has 4 nitrogen and oxygen atoms in total. The van der Waals surface area contributed by atoms with Crippen molar-refractivity contribution >= 4 is 0 Å². The standard InChI is InChI=1S/C42H62N2O2/c1-2-3-4-5-6-7-8-9-10-11-12-13-14-15-16-23-32-46-42-36-44(34-37-24-19-17-20-25-37)40(33-41(42)45)35-43-30-28-39(29-31-43)38-26-21-18-22-27-38/h17-22,24-27,33,36,39H,2-16,23,28-32,34-35H2,1H3. The van der Waals surface area contributed by atoms with Crippen molar-refractivity contribution in [2.75, 3.05) is 19.7 Å². The van der Waals surface area contributed by atoms with Gasteiger partial charge >= 0.3 is 0 Å². The van der Waals surface area contributed by atoms with E-state index in [1.54, 1.807) is 0 Å². The number of aromatic nitrogens is 1. The lowest BCUT2D eigenvalue weighted by Crippen LogP contribution is -2.34. The lowest BCUT2D eigenvalue weighted by Gasteiger charge is -2.32. The number of piperidine rings is 1. The molecule has 0 spiro atoms. The van der Waals surface area contributed by atoms with Gasteiger partial charge in [0, 0.05) is 24.8 Å². The molecule has 46 heavy (non-hydrogen) atoms. The summed E-state index contributed by atoms with van der Waals surface area (Å²) in [5.74, 6) is 1.12. The van der Waals surface area contributed by atoms with Gasteiger partial charge in [0.1, 0.15) is 0 Å². The van der Waals surface area contributed by atoms with Crippen LogP contribution in [0.25, 0.3) is 0 Å². The van der Waals surface area contributed by atoms with Crippen LogP contribution in [-0.2, 0) is 13.1 Å². The molecule has 1 fully saturated rings. The maximum atomic E-state index is 13.2. The van der Waals surface area contributed by atoms with Crippen LogP contribution in [0.1, 0.15) is 145 Å². The van der Waals surface area contributed by atoms with E-state index < -0.39 is 0 Å². The number of hydrogen-bond donors (Lipinski definition) is 0. The van der Waals surface area contributed by atoms with Crippen LogP contribution in [0.2, 0.25) is 0 Å². The first kappa shape index (κ1) is 36.0. The molecule has 1 saturated heterocycles. The van der Waals surface area contributed by atoms with Gasteiger partial charge in [0.25, 0.3) is 0 Å². The second kappa shape index (κ2) is 21.9. The number of unbranched alkanes of at least 4 members (excludes halogenated alkanes) is 15. The molecule has 0 saturated carbocycles. The fraction of sp³-hybridized carbons (Fsp3) is 0.595. The first-order valence-electron chi connectivity index (χ1n) is 18.9. The predicted octanol–water partition coefficient (Wildman–Crippen LogP) is 10.9. The van der Waals surface area contributed by atoms with Gasteiger partial charge < -0.3 is 9.30 Å². The molecule has 0 N–H and O–H groups in total. The van der Waals surface area contributed by atoms with E-state index in [1.165, 1.54) is 107 Å². The van der Waals surface area contributed by atoms with Crippen molar-refractivity contribution in [3.8, 4) is 5.75 Å². The van der Waals surface area contributed by atoms with Crippen LogP contribution in [0.5, 0.6) is 5.75 Å². The molecule has 1 aliphatic heterocycles. The quantitative estimate of drug-likeness (QED) is 0.0982. The van der Waals surface area contributed by atoms with Gasteiger partial charge in [-0.3, -0.25) is 9.69 Å². The van der Waals surface area contributed by atoms with E-state index in [1.807, 2.05) is 12.3 Å². The van der Waals surface area contributed by atoms with E-state index in [0.717, 1.165) is 51.1 Å². The van der Waals surface area contributed by atoms with Crippen molar-refractivity contribution in [3.63, 3.8) is 0 Å². The summed E-state index contributed by atoms with van der Waals surface area (Å²) in [7, 11) is 0. The number of ether oxygens (including phenoxy) is 1. The average molecular weight is 627 g/mol. The molecule has 0 bridgehead atoms. The molecule has 2 aromatic carbocycles. The molecule has 0 unspecified atom stereocenters. The van der Waals surface area contributed by atoms with E-state index in [9.17, 15) is 4.79 Å². The highest BCUT2D eigenvalue weighted by Gasteiger charge is 2.21. The monoisotopic (exact) mass is 626 g/mol. The Morgan fingerprint density at radius 3 is 1.74 bits per heavy atom. The van der Waals surface area contributed by atoms with Gasteiger partial charge in [0.05, 0.1) is 12.8 Å². The third-order valence-corrected chi connectivity index (χ3v) is 9.88. The van der Waals surface area contributed by atoms with Gasteiger partial charge in [-0.1, -0.05) is 164 Å². The number of likely N-dealkylation sites (tertiary alicyclic amines) is 1. The average Bonchev–Trinajstić information content (AvgIpc) is 3.09. The van der Waals surface area contributed by atoms with Gasteiger partial charge in [-0.2, -0.15) is 0 Å². The predicted molar refractivity (Wildman–Crippen MR) is 195 cm³/mol. The van der Waals surface area contributed by atoms with Crippen molar-refractivity contribution in [1.82, 2.24) is 9.47 Å². The first-order valence-corrected chi connectivity index (χ1v) is 18.9. The summed E-state index contributed by atoms with van der Waals surface area (Å²) in [5.41, 5.74) is 3.77. The van der Waals surface area contributed by atoms with Crippen LogP contribution in [0.15, 0.2) is 77.7 Å². The normalized spacial score (nSPS) is 14.1. The Balaban J connectivity index is 1.15. The third kappa shape index (κ3) is 13.5. The molecule has 1 aromatic heterocycles. The summed E-state index contributed by atoms with van der Waals surface area (Å²) in [4.78, 5) is 15.7. The maximum absolute atomic E-state index is 13.2. The molecule has 252 valence electrons. The minimum atomic E-state index is 0.00924. The molecular formula is C42H62N2O2. The Bertz CT molecular complexity index is 1250. The summed E-state index contributed by atoms with van der Waals surface area (Å²) in [6.45, 7) is 6.55. The second-order valence-corrected chi connectivity index (χ2v) is 13.7. The van der Waals surface area contributed by atoms with E-state index >= 15 is 0 Å². The molecule has 0 radical (unpaired) electrons. The molecule has 0 amide bonds. The zero-order valence-corrected chi connectivity index (χ0v) is 29.0. The van der Waals surface area contributed by atoms with Crippen molar-refractivity contribution in [1.29, 1.82) is 0 Å². The van der Waals surface area contributed by atoms with Gasteiger partial charge in [-0.25, -0.2) is 0 Å². The van der Waals surface area contributed by atoms with Crippen molar-refractivity contribution in [2.45, 2.75) is 142 Å². The van der Waals surface area contributed by atoms with E-state index in [0.29, 0.717) is 18.3 Å². The molecule has 4 heteroatoms. The molecule has 4 rings (SSSR count). The minimum Gasteiger partial charge on any atom is -0.488 e. The Morgan fingerprint density at radius 2 is 1.17 bits per heavy atom. The van der Waals surface area contributed by atoms with Gasteiger partial charge in [-0.15, -0.1) is 0 Å². The van der Waals surface area contributed by atoms with E-state index in [2.05, 4.69) is 77.1 Å². The fourth-order valence-corrected chi connectivity index (χ4v) is 6.98. The van der Waals surface area contributed by atoms with Crippen LogP contribution in [0, 0.1) is 0 Å². The van der Waals surface area contributed by atoms with Gasteiger partial charge in [-0.05, 0) is 49.4 Å². The highest BCUT2D eigenvalue weighted by atomic mass is 16.5. The highest BCUT2D eigenvalue weighted by molar-refractivity contribution is 5.25. The number of benzene rings is 2. The molecule has 0 aliphatic carbocycles. The SMILES string of the molecule is CCCCCCCCCCCCCCCCCCOc1cn(Cc2ccccc2)c(CN2CCC(c3ccccc3)CC2)cc1=O. The zero-order chi connectivity index (χ0) is 32.1. The summed E-state index contributed by atoms with van der Waals surface area (Å²) in [5, 5.41) is 0. The largest absolute Gasteiger partial charge is 0.488 e. The number of nitrogens with zero attached hydrogens (tertiary/aromatic N) is 2. The summed E-state index contributed by atoms with van der Waals surface area (Å²) in [6, 6.07) is 23.3. The summed E-state index contributed by atoms with van der Waals surface area (Å²) < 4.78 is 8.33. The van der Waals surface area contributed by atoms with E-state index in [-0.39, 0.29) is 5.43 Å². The number of hydrogen-bond acceptors (Lipinski definition) is 3. The van der Waals surface area contributed by atoms with E-state index in [4.69, 9.17) is 4.74 Å². The topological polar surface area (TPSA) is 34.5 Å². The summed E-state index contributed by atoms with van der Waals surface area (Å²) >= 11 is 0. The second-order valence-electron chi connectivity index (χ2n) is 13.7. The van der Waals surface area contributed by atoms with Crippen molar-refractivity contribution in [3.05, 3.63) is 100.0 Å². The third-order valence-electron chi connectivity index (χ3n) is 9.88. The van der Waals surface area contributed by atoms with Crippen LogP contribution in [0.4, 0.5) is 0 Å². The Morgan fingerprint density at radius 1 is 0.652 bits per heavy atom. The number of pyridine rings is 1. The molecular weight excluding hydrogens is 564 g/mol. The lowest BCUT2D eigenvalue weighted by atomic mass is 9.89. The summed E-state index contributed by atoms with van der Waals surface area (Å²) in [6.07, 6.45) is 25.9. The van der Waals surface area contributed by atoms with Crippen LogP contribution >= 0.6 is 0 Å². The van der Waals surface area contributed by atoms with Gasteiger partial charge in [0.2, 0.25) is 5.43 Å². The Labute approximate surface area is 280 Å². The number of rotatable bonds is 23. The van der Waals surface area contributed by atoms with Crippen LogP contribution < -0.4 is 10.2 Å². The first-order chi connectivity index (χ1) is 22.7.